The second-order valence-corrected chi connectivity index (χ2v) is 5.75. The van der Waals surface area contributed by atoms with Gasteiger partial charge in [0.05, 0.1) is 16.6 Å². The summed E-state index contributed by atoms with van der Waals surface area (Å²) in [6.07, 6.45) is 1.05. The molecule has 7 nitrogen and oxygen atoms in total. The van der Waals surface area contributed by atoms with Gasteiger partial charge in [-0.15, -0.1) is 0 Å². The smallest absolute Gasteiger partial charge is 0.338 e. The second kappa shape index (κ2) is 9.00. The molecule has 1 amide bonds. The molecular formula is C17H24N2O5. The van der Waals surface area contributed by atoms with E-state index in [1.807, 2.05) is 13.8 Å². The highest BCUT2D eigenvalue weighted by Gasteiger charge is 2.18. The number of esters is 1. The van der Waals surface area contributed by atoms with Crippen LogP contribution < -0.4 is 0 Å². The molecule has 0 heterocycles. The maximum absolute atomic E-state index is 12.0. The summed E-state index contributed by atoms with van der Waals surface area (Å²) in [6.45, 7) is 7.87. The van der Waals surface area contributed by atoms with Gasteiger partial charge in [-0.2, -0.15) is 0 Å². The summed E-state index contributed by atoms with van der Waals surface area (Å²) in [4.78, 5) is 35.4. The number of nitro benzene ring substituents is 1. The Morgan fingerprint density at radius 1 is 1.21 bits per heavy atom. The van der Waals surface area contributed by atoms with Crippen molar-refractivity contribution >= 4 is 17.6 Å². The third-order valence-corrected chi connectivity index (χ3v) is 3.89. The van der Waals surface area contributed by atoms with Crippen molar-refractivity contribution in [3.8, 4) is 0 Å². The molecule has 0 radical (unpaired) electrons. The predicted molar refractivity (Wildman–Crippen MR) is 89.7 cm³/mol. The van der Waals surface area contributed by atoms with Crippen molar-refractivity contribution in [1.82, 2.24) is 4.90 Å². The maximum Gasteiger partial charge on any atom is 0.338 e. The summed E-state index contributed by atoms with van der Waals surface area (Å²) >= 11 is 0. The van der Waals surface area contributed by atoms with Gasteiger partial charge in [-0.3, -0.25) is 14.9 Å². The quantitative estimate of drug-likeness (QED) is 0.413. The first kappa shape index (κ1) is 19.6. The van der Waals surface area contributed by atoms with Gasteiger partial charge in [0.1, 0.15) is 0 Å². The van der Waals surface area contributed by atoms with E-state index in [1.165, 1.54) is 31.2 Å². The topological polar surface area (TPSA) is 89.8 Å². The fourth-order valence-corrected chi connectivity index (χ4v) is 2.51. The largest absolute Gasteiger partial charge is 0.459 e. The molecule has 0 aliphatic rings. The predicted octanol–water partition coefficient (Wildman–Crippen LogP) is 3.18. The zero-order valence-electron chi connectivity index (χ0n) is 14.5. The van der Waals surface area contributed by atoms with Gasteiger partial charge < -0.3 is 9.64 Å². The fraction of sp³-hybridized carbons (Fsp3) is 0.529. The van der Waals surface area contributed by atoms with Crippen molar-refractivity contribution in [1.29, 1.82) is 0 Å². The highest BCUT2D eigenvalue weighted by molar-refractivity contribution is 5.89. The Kier molecular flexibility index (Phi) is 7.35. The minimum atomic E-state index is -0.520. The van der Waals surface area contributed by atoms with E-state index in [1.54, 1.807) is 11.8 Å². The molecule has 0 aliphatic heterocycles. The summed E-state index contributed by atoms with van der Waals surface area (Å²) < 4.78 is 5.35. The van der Waals surface area contributed by atoms with Crippen LogP contribution in [0.15, 0.2) is 24.3 Å². The molecule has 2 unspecified atom stereocenters. The first-order valence-corrected chi connectivity index (χ1v) is 7.98. The molecule has 7 heteroatoms. The van der Waals surface area contributed by atoms with Gasteiger partial charge in [-0.1, -0.05) is 0 Å². The Bertz CT molecular complexity index is 585. The first-order valence-electron chi connectivity index (χ1n) is 7.98. The molecule has 1 aromatic rings. The molecule has 132 valence electrons. The number of rotatable bonds is 8. The maximum atomic E-state index is 12.0. The number of hydrogen-bond acceptors (Lipinski definition) is 5. The van der Waals surface area contributed by atoms with Crippen LogP contribution in [-0.2, 0) is 9.53 Å². The van der Waals surface area contributed by atoms with Crippen LogP contribution in [0, 0.1) is 10.1 Å². The fourth-order valence-electron chi connectivity index (χ4n) is 2.51. The summed E-state index contributed by atoms with van der Waals surface area (Å²) in [7, 11) is 0. The van der Waals surface area contributed by atoms with E-state index in [0.717, 1.165) is 6.42 Å². The third-order valence-electron chi connectivity index (χ3n) is 3.89. The number of carbonyl (C=O) groups excluding carboxylic acids is 2. The zero-order valence-corrected chi connectivity index (χ0v) is 14.5. The molecule has 0 saturated heterocycles. The third kappa shape index (κ3) is 5.64. The molecule has 0 N–H and O–H groups in total. The van der Waals surface area contributed by atoms with E-state index in [0.29, 0.717) is 13.0 Å². The van der Waals surface area contributed by atoms with E-state index in [4.69, 9.17) is 4.74 Å². The highest BCUT2D eigenvalue weighted by atomic mass is 16.6. The lowest BCUT2D eigenvalue weighted by Gasteiger charge is -2.27. The van der Waals surface area contributed by atoms with E-state index >= 15 is 0 Å². The van der Waals surface area contributed by atoms with Gasteiger partial charge in [-0.25, -0.2) is 4.79 Å². The second-order valence-electron chi connectivity index (χ2n) is 5.75. The van der Waals surface area contributed by atoms with Crippen LogP contribution >= 0.6 is 0 Å². The molecule has 0 fully saturated rings. The monoisotopic (exact) mass is 336 g/mol. The van der Waals surface area contributed by atoms with Gasteiger partial charge in [0.25, 0.3) is 5.69 Å². The molecule has 0 aliphatic carbocycles. The van der Waals surface area contributed by atoms with Crippen molar-refractivity contribution in [2.24, 2.45) is 0 Å². The van der Waals surface area contributed by atoms with Crippen LogP contribution in [0.4, 0.5) is 5.69 Å². The van der Waals surface area contributed by atoms with Gasteiger partial charge >= 0.3 is 5.97 Å². The first-order chi connectivity index (χ1) is 11.3. The number of nitrogens with zero attached hydrogens (tertiary/aromatic N) is 2. The number of ether oxygens (including phenoxy) is 1. The average molecular weight is 336 g/mol. The van der Waals surface area contributed by atoms with Gasteiger partial charge in [0.15, 0.2) is 0 Å². The molecule has 2 atom stereocenters. The van der Waals surface area contributed by atoms with Gasteiger partial charge in [0, 0.05) is 31.6 Å². The average Bonchev–Trinajstić information content (AvgIpc) is 2.53. The van der Waals surface area contributed by atoms with Crippen molar-refractivity contribution in [2.75, 3.05) is 6.54 Å². The van der Waals surface area contributed by atoms with Gasteiger partial charge in [-0.05, 0) is 45.7 Å². The molecule has 1 rings (SSSR count). The minimum Gasteiger partial charge on any atom is -0.459 e. The zero-order chi connectivity index (χ0) is 18.3. The Labute approximate surface area is 141 Å². The molecule has 1 aromatic carbocycles. The number of carbonyl (C=O) groups is 2. The summed E-state index contributed by atoms with van der Waals surface area (Å²) in [5, 5.41) is 10.6. The lowest BCUT2D eigenvalue weighted by molar-refractivity contribution is -0.384. The van der Waals surface area contributed by atoms with Crippen molar-refractivity contribution in [3.05, 3.63) is 39.9 Å². The molecule has 0 bridgehead atoms. The van der Waals surface area contributed by atoms with Crippen LogP contribution in [0.1, 0.15) is 50.9 Å². The number of hydrogen-bond donors (Lipinski definition) is 0. The molecule has 24 heavy (non-hydrogen) atoms. The van der Waals surface area contributed by atoms with Crippen molar-refractivity contribution < 1.29 is 19.2 Å². The Hall–Kier alpha value is -2.44. The van der Waals surface area contributed by atoms with E-state index in [-0.39, 0.29) is 29.3 Å². The number of benzene rings is 1. The highest BCUT2D eigenvalue weighted by Crippen LogP contribution is 2.15. The van der Waals surface area contributed by atoms with Crippen LogP contribution in [-0.4, -0.2) is 40.4 Å². The van der Waals surface area contributed by atoms with Gasteiger partial charge in [0.2, 0.25) is 5.91 Å². The molecule has 0 aromatic heterocycles. The summed E-state index contributed by atoms with van der Waals surface area (Å²) in [5.41, 5.74) is 0.205. The van der Waals surface area contributed by atoms with Crippen LogP contribution in [0.5, 0.6) is 0 Å². The van der Waals surface area contributed by atoms with E-state index in [2.05, 4.69) is 0 Å². The number of non-ortho nitro benzene ring substituents is 1. The molecule has 0 saturated carbocycles. The van der Waals surface area contributed by atoms with Crippen LogP contribution in [0.2, 0.25) is 0 Å². The SMILES string of the molecule is CCN(C(C)=O)C(C)CCC(C)OC(=O)c1ccc([N+](=O)[O-])cc1. The number of nitro groups is 1. The molecular weight excluding hydrogens is 312 g/mol. The Morgan fingerprint density at radius 3 is 2.25 bits per heavy atom. The Balaban J connectivity index is 2.52. The Morgan fingerprint density at radius 2 is 1.79 bits per heavy atom. The van der Waals surface area contributed by atoms with Crippen LogP contribution in [0.25, 0.3) is 0 Å². The normalized spacial score (nSPS) is 13.0. The van der Waals surface area contributed by atoms with Crippen molar-refractivity contribution in [2.45, 2.75) is 52.7 Å². The van der Waals surface area contributed by atoms with E-state index < -0.39 is 10.9 Å². The van der Waals surface area contributed by atoms with Crippen molar-refractivity contribution in [3.63, 3.8) is 0 Å². The molecule has 0 spiro atoms. The standard InChI is InChI=1S/C17H24N2O5/c1-5-18(14(4)20)12(2)6-7-13(3)24-17(21)15-8-10-16(11-9-15)19(22)23/h8-13H,5-7H2,1-4H3. The van der Waals surface area contributed by atoms with E-state index in [9.17, 15) is 19.7 Å². The number of amides is 1. The lowest BCUT2D eigenvalue weighted by atomic mass is 10.1. The summed E-state index contributed by atoms with van der Waals surface area (Å²) in [5.74, 6) is -0.482. The minimum absolute atomic E-state index is 0.0283. The lowest BCUT2D eigenvalue weighted by Crippen LogP contribution is -2.37. The van der Waals surface area contributed by atoms with Crippen LogP contribution in [0.3, 0.4) is 0 Å². The summed E-state index contributed by atoms with van der Waals surface area (Å²) in [6, 6.07) is 5.38.